The number of aliphatic hydroxyl groups is 1. The first-order chi connectivity index (χ1) is 8.58. The summed E-state index contributed by atoms with van der Waals surface area (Å²) in [7, 11) is 0. The molecule has 0 radical (unpaired) electrons. The van der Waals surface area contributed by atoms with Crippen molar-refractivity contribution in [2.45, 2.75) is 29.9 Å². The van der Waals surface area contributed by atoms with Crippen LogP contribution >= 0.6 is 11.6 Å². The van der Waals surface area contributed by atoms with Gasteiger partial charge in [-0.1, -0.05) is 36.4 Å². The van der Waals surface area contributed by atoms with Gasteiger partial charge in [0, 0.05) is 5.56 Å². The lowest BCUT2D eigenvalue weighted by Gasteiger charge is -2.36. The Bertz CT molecular complexity index is 525. The van der Waals surface area contributed by atoms with E-state index in [9.17, 15) is 9.90 Å². The maximum atomic E-state index is 11.9. The molecule has 1 aromatic rings. The summed E-state index contributed by atoms with van der Waals surface area (Å²) >= 11 is 6.54. The Morgan fingerprint density at radius 2 is 2.00 bits per heavy atom. The Morgan fingerprint density at radius 3 is 2.72 bits per heavy atom. The van der Waals surface area contributed by atoms with Crippen molar-refractivity contribution in [3.05, 3.63) is 47.5 Å². The Labute approximate surface area is 110 Å². The maximum Gasteiger partial charge on any atom is 0.338 e. The van der Waals surface area contributed by atoms with E-state index in [0.717, 1.165) is 12.8 Å². The number of esters is 1. The molecule has 0 aromatic heterocycles. The highest BCUT2D eigenvalue weighted by Crippen LogP contribution is 2.54. The first-order valence-corrected chi connectivity index (χ1v) is 6.36. The van der Waals surface area contributed by atoms with Crippen LogP contribution in [-0.4, -0.2) is 16.0 Å². The van der Waals surface area contributed by atoms with Gasteiger partial charge in [0.15, 0.2) is 0 Å². The molecule has 0 amide bonds. The number of carbonyl (C=O) groups is 1. The van der Waals surface area contributed by atoms with E-state index in [1.807, 2.05) is 6.07 Å². The van der Waals surface area contributed by atoms with Gasteiger partial charge in [0.25, 0.3) is 5.79 Å². The number of alkyl halides is 1. The molecule has 2 aliphatic rings. The van der Waals surface area contributed by atoms with Gasteiger partial charge in [0.05, 0.1) is 5.57 Å². The van der Waals surface area contributed by atoms with Crippen LogP contribution in [0.5, 0.6) is 0 Å². The third kappa shape index (κ3) is 1.38. The second-order valence-corrected chi connectivity index (χ2v) is 5.36. The topological polar surface area (TPSA) is 46.5 Å². The molecule has 0 saturated carbocycles. The van der Waals surface area contributed by atoms with E-state index >= 15 is 0 Å². The fraction of sp³-hybridized carbons (Fsp3) is 0.357. The number of hydrogen-bond donors (Lipinski definition) is 1. The first kappa shape index (κ1) is 11.8. The van der Waals surface area contributed by atoms with Gasteiger partial charge >= 0.3 is 5.97 Å². The molecule has 1 aromatic carbocycles. The van der Waals surface area contributed by atoms with Crippen molar-refractivity contribution in [1.82, 2.24) is 0 Å². The summed E-state index contributed by atoms with van der Waals surface area (Å²) in [5, 5.41) is 10.8. The number of allylic oxidation sites excluding steroid dienone is 1. The smallest absolute Gasteiger partial charge is 0.338 e. The number of halogens is 1. The van der Waals surface area contributed by atoms with Gasteiger partial charge in [0.2, 0.25) is 0 Å². The summed E-state index contributed by atoms with van der Waals surface area (Å²) in [6, 6.07) is 8.84. The van der Waals surface area contributed by atoms with E-state index in [4.69, 9.17) is 16.3 Å². The average Bonchev–Trinajstić information content (AvgIpc) is 2.60. The number of ether oxygens (including phenoxy) is 1. The van der Waals surface area contributed by atoms with Crippen molar-refractivity contribution < 1.29 is 14.6 Å². The fourth-order valence-electron chi connectivity index (χ4n) is 2.71. The third-order valence-corrected chi connectivity index (χ3v) is 4.31. The van der Waals surface area contributed by atoms with Crippen LogP contribution in [0.4, 0.5) is 0 Å². The van der Waals surface area contributed by atoms with Crippen molar-refractivity contribution >= 4 is 17.6 Å². The van der Waals surface area contributed by atoms with E-state index in [2.05, 4.69) is 0 Å². The summed E-state index contributed by atoms with van der Waals surface area (Å²) in [5.41, 5.74) is 0.903. The molecule has 2 atom stereocenters. The highest BCUT2D eigenvalue weighted by atomic mass is 35.5. The molecule has 0 spiro atoms. The van der Waals surface area contributed by atoms with Gasteiger partial charge in [-0.05, 0) is 19.3 Å². The van der Waals surface area contributed by atoms with E-state index < -0.39 is 16.6 Å². The highest BCUT2D eigenvalue weighted by molar-refractivity contribution is 6.31. The van der Waals surface area contributed by atoms with Gasteiger partial charge < -0.3 is 9.84 Å². The molecule has 3 nitrogen and oxygen atoms in total. The van der Waals surface area contributed by atoms with E-state index in [1.165, 1.54) is 0 Å². The van der Waals surface area contributed by atoms with Crippen LogP contribution in [0.1, 0.15) is 24.8 Å². The minimum absolute atomic E-state index is 0.391. The minimum Gasteiger partial charge on any atom is -0.423 e. The fourth-order valence-corrected chi connectivity index (χ4v) is 3.14. The normalized spacial score (nSPS) is 34.8. The van der Waals surface area contributed by atoms with Crippen molar-refractivity contribution in [3.8, 4) is 0 Å². The van der Waals surface area contributed by atoms with Crippen LogP contribution in [0.3, 0.4) is 0 Å². The van der Waals surface area contributed by atoms with Gasteiger partial charge in [0.1, 0.15) is 4.87 Å². The number of carbonyl (C=O) groups excluding carboxylic acids is 1. The molecule has 1 heterocycles. The lowest BCUT2D eigenvalue weighted by molar-refractivity contribution is -0.203. The Morgan fingerprint density at radius 1 is 1.28 bits per heavy atom. The van der Waals surface area contributed by atoms with Crippen LogP contribution in [0.25, 0.3) is 0 Å². The molecule has 3 rings (SSSR count). The molecule has 18 heavy (non-hydrogen) atoms. The molecule has 94 valence electrons. The molecular weight excluding hydrogens is 252 g/mol. The van der Waals surface area contributed by atoms with E-state index in [0.29, 0.717) is 17.6 Å². The third-order valence-electron chi connectivity index (χ3n) is 3.66. The molecule has 1 saturated heterocycles. The number of rotatable bonds is 1. The van der Waals surface area contributed by atoms with Gasteiger partial charge in [-0.2, -0.15) is 0 Å². The summed E-state index contributed by atoms with van der Waals surface area (Å²) in [6.07, 6.45) is 3.93. The number of hydrogen-bond acceptors (Lipinski definition) is 3. The first-order valence-electron chi connectivity index (χ1n) is 5.99. The molecule has 1 aliphatic carbocycles. The quantitative estimate of drug-likeness (QED) is 0.626. The summed E-state index contributed by atoms with van der Waals surface area (Å²) in [5.74, 6) is -2.28. The summed E-state index contributed by atoms with van der Waals surface area (Å²) in [4.78, 5) is 10.7. The predicted octanol–water partition coefficient (Wildman–Crippen LogP) is 2.48. The largest absolute Gasteiger partial charge is 0.423 e. The maximum absolute atomic E-state index is 11.9. The lowest BCUT2D eigenvalue weighted by atomic mass is 9.80. The molecule has 2 unspecified atom stereocenters. The lowest BCUT2D eigenvalue weighted by Crippen LogP contribution is -2.45. The Hall–Kier alpha value is -1.32. The van der Waals surface area contributed by atoms with Crippen molar-refractivity contribution in [1.29, 1.82) is 0 Å². The molecule has 4 heteroatoms. The molecule has 1 fully saturated rings. The number of cyclic esters (lactones) is 1. The predicted molar refractivity (Wildman–Crippen MR) is 66.9 cm³/mol. The zero-order valence-electron chi connectivity index (χ0n) is 9.73. The number of benzene rings is 1. The van der Waals surface area contributed by atoms with Crippen LogP contribution in [0, 0.1) is 0 Å². The van der Waals surface area contributed by atoms with Crippen molar-refractivity contribution in [2.75, 3.05) is 0 Å². The molecule has 0 bridgehead atoms. The standard InChI is InChI=1S/C14H13ClO3/c15-13-9-5-4-8-11(13)12(16)18-14(13,17)10-6-2-1-3-7-10/h1-3,6-8,17H,4-5,9H2. The van der Waals surface area contributed by atoms with Crippen LogP contribution in [0.2, 0.25) is 0 Å². The van der Waals surface area contributed by atoms with E-state index in [-0.39, 0.29) is 0 Å². The molecule has 1 N–H and O–H groups in total. The van der Waals surface area contributed by atoms with Crippen LogP contribution in [-0.2, 0) is 15.3 Å². The van der Waals surface area contributed by atoms with Crippen molar-refractivity contribution in [2.24, 2.45) is 0 Å². The average molecular weight is 265 g/mol. The van der Waals surface area contributed by atoms with Crippen LogP contribution < -0.4 is 0 Å². The van der Waals surface area contributed by atoms with Crippen LogP contribution in [0.15, 0.2) is 42.0 Å². The van der Waals surface area contributed by atoms with Gasteiger partial charge in [-0.3, -0.25) is 0 Å². The van der Waals surface area contributed by atoms with E-state index in [1.54, 1.807) is 30.3 Å². The molecule has 1 aliphatic heterocycles. The van der Waals surface area contributed by atoms with Gasteiger partial charge in [-0.25, -0.2) is 4.79 Å². The van der Waals surface area contributed by atoms with Gasteiger partial charge in [-0.15, -0.1) is 11.6 Å². The minimum atomic E-state index is -1.76. The van der Waals surface area contributed by atoms with Crippen molar-refractivity contribution in [3.63, 3.8) is 0 Å². The zero-order valence-corrected chi connectivity index (χ0v) is 10.5. The number of fused-ring (bicyclic) bond motifs is 1. The second kappa shape index (κ2) is 3.84. The zero-order chi connectivity index (χ0) is 12.8. The SMILES string of the molecule is O=C1OC(O)(c2ccccc2)C2(Cl)CCCC=C12. The Kier molecular flexibility index (Phi) is 2.50. The Balaban J connectivity index is 2.16. The summed E-state index contributed by atoms with van der Waals surface area (Å²) in [6.45, 7) is 0. The summed E-state index contributed by atoms with van der Waals surface area (Å²) < 4.78 is 5.20. The second-order valence-electron chi connectivity index (χ2n) is 4.71. The monoisotopic (exact) mass is 264 g/mol. The highest BCUT2D eigenvalue weighted by Gasteiger charge is 2.64. The molecular formula is C14H13ClO3.